The summed E-state index contributed by atoms with van der Waals surface area (Å²) in [6, 6.07) is 5.81. The number of alkyl halides is 3. The molecule has 3 heterocycles. The van der Waals surface area contributed by atoms with Gasteiger partial charge in [0.15, 0.2) is 0 Å². The minimum Gasteiger partial charge on any atom is -0.321 e. The average Bonchev–Trinajstić information content (AvgIpc) is 3.39. The molecule has 0 unspecified atom stereocenters. The van der Waals surface area contributed by atoms with Gasteiger partial charge in [-0.05, 0) is 54.6 Å². The van der Waals surface area contributed by atoms with E-state index in [0.29, 0.717) is 10.6 Å². The van der Waals surface area contributed by atoms with Crippen LogP contribution >= 0.6 is 11.5 Å². The van der Waals surface area contributed by atoms with E-state index in [1.165, 1.54) is 6.07 Å². The second kappa shape index (κ2) is 6.73. The molecule has 1 aliphatic carbocycles. The van der Waals surface area contributed by atoms with Crippen LogP contribution in [0, 0.1) is 0 Å². The molecule has 5 nitrogen and oxygen atoms in total. The molecule has 0 bridgehead atoms. The second-order valence-electron chi connectivity index (χ2n) is 6.17. The van der Waals surface area contributed by atoms with Crippen LogP contribution in [0.3, 0.4) is 0 Å². The van der Waals surface area contributed by atoms with E-state index in [0.717, 1.165) is 47.8 Å². The van der Waals surface area contributed by atoms with Crippen molar-refractivity contribution in [3.05, 3.63) is 59.0 Å². The van der Waals surface area contributed by atoms with Crippen molar-refractivity contribution in [1.29, 1.82) is 0 Å². The van der Waals surface area contributed by atoms with E-state index < -0.39 is 17.8 Å². The molecule has 1 aliphatic rings. The Morgan fingerprint density at radius 2 is 2.04 bits per heavy atom. The molecule has 0 saturated heterocycles. The van der Waals surface area contributed by atoms with E-state index in [2.05, 4.69) is 19.7 Å². The summed E-state index contributed by atoms with van der Waals surface area (Å²) < 4.78 is 42.8. The summed E-state index contributed by atoms with van der Waals surface area (Å²) in [5.41, 5.74) is 1.36. The van der Waals surface area contributed by atoms with Gasteiger partial charge < -0.3 is 5.32 Å². The number of nitrogens with zero attached hydrogens (tertiary/aromatic N) is 3. The van der Waals surface area contributed by atoms with Crippen molar-refractivity contribution in [2.45, 2.75) is 24.9 Å². The van der Waals surface area contributed by atoms with Gasteiger partial charge in [-0.15, -0.1) is 0 Å². The van der Waals surface area contributed by atoms with Crippen molar-refractivity contribution in [1.82, 2.24) is 14.3 Å². The minimum absolute atomic E-state index is 0.0420. The van der Waals surface area contributed by atoms with Gasteiger partial charge in [0, 0.05) is 35.4 Å². The number of halogens is 3. The maximum absolute atomic E-state index is 12.8. The standard InChI is InChI=1S/C18H13F3N4OS/c19-18(20,21)13-8-12(5-7-23-13)24-17(26)16-14(10-3-4-10)15(25-27-16)11-2-1-6-22-9-11/h1-2,5-10H,3-4H2,(H,23,24,26). The smallest absolute Gasteiger partial charge is 0.321 e. The Hall–Kier alpha value is -2.81. The van der Waals surface area contributed by atoms with Crippen LogP contribution in [0.2, 0.25) is 0 Å². The number of pyridine rings is 2. The molecule has 9 heteroatoms. The van der Waals surface area contributed by atoms with Gasteiger partial charge in [-0.2, -0.15) is 17.5 Å². The summed E-state index contributed by atoms with van der Waals surface area (Å²) in [5.74, 6) is -0.230. The monoisotopic (exact) mass is 390 g/mol. The zero-order chi connectivity index (χ0) is 19.0. The third-order valence-corrected chi connectivity index (χ3v) is 5.02. The Labute approximate surface area is 156 Å². The zero-order valence-electron chi connectivity index (χ0n) is 13.8. The maximum Gasteiger partial charge on any atom is 0.433 e. The Kier molecular flexibility index (Phi) is 4.39. The number of aromatic nitrogens is 3. The van der Waals surface area contributed by atoms with Crippen molar-refractivity contribution in [3.63, 3.8) is 0 Å². The first kappa shape index (κ1) is 17.6. The van der Waals surface area contributed by atoms with Crippen molar-refractivity contribution in [3.8, 4) is 11.3 Å². The molecule has 1 amide bonds. The highest BCUT2D eigenvalue weighted by molar-refractivity contribution is 7.08. The molecular weight excluding hydrogens is 377 g/mol. The van der Waals surface area contributed by atoms with E-state index >= 15 is 0 Å². The molecule has 0 atom stereocenters. The number of hydrogen-bond donors (Lipinski definition) is 1. The lowest BCUT2D eigenvalue weighted by atomic mass is 10.0. The van der Waals surface area contributed by atoms with Crippen molar-refractivity contribution < 1.29 is 18.0 Å². The number of amides is 1. The Morgan fingerprint density at radius 1 is 1.22 bits per heavy atom. The first-order valence-electron chi connectivity index (χ1n) is 8.18. The summed E-state index contributed by atoms with van der Waals surface area (Å²) in [7, 11) is 0. The molecule has 0 radical (unpaired) electrons. The largest absolute Gasteiger partial charge is 0.433 e. The topological polar surface area (TPSA) is 67.8 Å². The lowest BCUT2D eigenvalue weighted by molar-refractivity contribution is -0.141. The first-order chi connectivity index (χ1) is 12.9. The highest BCUT2D eigenvalue weighted by atomic mass is 32.1. The molecule has 27 heavy (non-hydrogen) atoms. The summed E-state index contributed by atoms with van der Waals surface area (Å²) in [6.07, 6.45) is 1.70. The van der Waals surface area contributed by atoms with Gasteiger partial charge in [0.2, 0.25) is 0 Å². The molecule has 0 spiro atoms. The minimum atomic E-state index is -4.57. The fourth-order valence-electron chi connectivity index (χ4n) is 2.77. The van der Waals surface area contributed by atoms with Gasteiger partial charge >= 0.3 is 6.18 Å². The van der Waals surface area contributed by atoms with Crippen LogP contribution < -0.4 is 5.32 Å². The van der Waals surface area contributed by atoms with Gasteiger partial charge in [-0.1, -0.05) is 0 Å². The van der Waals surface area contributed by atoms with Gasteiger partial charge in [0.1, 0.15) is 10.6 Å². The van der Waals surface area contributed by atoms with E-state index in [4.69, 9.17) is 0 Å². The van der Waals surface area contributed by atoms with Crippen LogP contribution in [0.25, 0.3) is 11.3 Å². The Bertz CT molecular complexity index is 984. The van der Waals surface area contributed by atoms with Crippen molar-refractivity contribution in [2.75, 3.05) is 5.32 Å². The van der Waals surface area contributed by atoms with Gasteiger partial charge in [0.25, 0.3) is 5.91 Å². The van der Waals surface area contributed by atoms with E-state index in [-0.39, 0.29) is 11.6 Å². The molecule has 1 fully saturated rings. The molecule has 4 rings (SSSR count). The number of rotatable bonds is 4. The van der Waals surface area contributed by atoms with Gasteiger partial charge in [-0.25, -0.2) is 0 Å². The van der Waals surface area contributed by atoms with Crippen LogP contribution in [0.5, 0.6) is 0 Å². The molecule has 1 saturated carbocycles. The summed E-state index contributed by atoms with van der Waals surface area (Å²) >= 11 is 1.05. The fourth-order valence-corrected chi connectivity index (χ4v) is 3.66. The van der Waals surface area contributed by atoms with Crippen LogP contribution in [0.4, 0.5) is 18.9 Å². The fraction of sp³-hybridized carbons (Fsp3) is 0.222. The summed E-state index contributed by atoms with van der Waals surface area (Å²) in [5, 5.41) is 2.53. The quantitative estimate of drug-likeness (QED) is 0.698. The number of hydrogen-bond acceptors (Lipinski definition) is 5. The van der Waals surface area contributed by atoms with Crippen LogP contribution in [0.15, 0.2) is 42.9 Å². The normalized spacial score (nSPS) is 14.2. The number of anilines is 1. The van der Waals surface area contributed by atoms with Crippen LogP contribution in [-0.4, -0.2) is 20.2 Å². The zero-order valence-corrected chi connectivity index (χ0v) is 14.6. The molecule has 3 aromatic heterocycles. The molecule has 0 aromatic carbocycles. The third kappa shape index (κ3) is 3.68. The van der Waals surface area contributed by atoms with Crippen LogP contribution in [0.1, 0.15) is 39.7 Å². The second-order valence-corrected chi connectivity index (χ2v) is 6.94. The SMILES string of the molecule is O=C(Nc1ccnc(C(F)(F)F)c1)c1snc(-c2cccnc2)c1C1CC1. The van der Waals surface area contributed by atoms with Crippen LogP contribution in [-0.2, 0) is 6.18 Å². The van der Waals surface area contributed by atoms with E-state index in [1.807, 2.05) is 6.07 Å². The lowest BCUT2D eigenvalue weighted by Crippen LogP contribution is -2.14. The number of carbonyl (C=O) groups is 1. The molecule has 3 aromatic rings. The maximum atomic E-state index is 12.8. The molecule has 0 aliphatic heterocycles. The first-order valence-corrected chi connectivity index (χ1v) is 8.95. The van der Waals surface area contributed by atoms with E-state index in [9.17, 15) is 18.0 Å². The number of carbonyl (C=O) groups excluding carboxylic acids is 1. The predicted molar refractivity (Wildman–Crippen MR) is 94.5 cm³/mol. The van der Waals surface area contributed by atoms with Crippen molar-refractivity contribution in [2.24, 2.45) is 0 Å². The molecule has 138 valence electrons. The van der Waals surface area contributed by atoms with Crippen molar-refractivity contribution >= 4 is 23.1 Å². The highest BCUT2D eigenvalue weighted by Gasteiger charge is 2.35. The Balaban J connectivity index is 1.64. The van der Waals surface area contributed by atoms with Gasteiger partial charge in [0.05, 0.1) is 5.69 Å². The van der Waals surface area contributed by atoms with E-state index in [1.54, 1.807) is 18.5 Å². The van der Waals surface area contributed by atoms with Gasteiger partial charge in [-0.3, -0.25) is 14.8 Å². The molecular formula is C18H13F3N4OS. The Morgan fingerprint density at radius 3 is 2.70 bits per heavy atom. The third-order valence-electron chi connectivity index (χ3n) is 4.16. The highest BCUT2D eigenvalue weighted by Crippen LogP contribution is 2.47. The number of nitrogens with one attached hydrogen (secondary N) is 1. The summed E-state index contributed by atoms with van der Waals surface area (Å²) in [4.78, 5) is 20.5. The average molecular weight is 390 g/mol. The predicted octanol–water partition coefficient (Wildman–Crippen LogP) is 4.75. The lowest BCUT2D eigenvalue weighted by Gasteiger charge is -2.09. The molecule has 1 N–H and O–H groups in total. The summed E-state index contributed by atoms with van der Waals surface area (Å²) in [6.45, 7) is 0.